The van der Waals surface area contributed by atoms with Crippen molar-refractivity contribution in [3.05, 3.63) is 23.5 Å². The number of hydrogen-bond acceptors (Lipinski definition) is 5. The molecule has 0 N–H and O–H groups in total. The van der Waals surface area contributed by atoms with Crippen molar-refractivity contribution in [2.24, 2.45) is 0 Å². The summed E-state index contributed by atoms with van der Waals surface area (Å²) in [6.45, 7) is 17.0. The molecule has 1 aromatic rings. The van der Waals surface area contributed by atoms with Crippen LogP contribution in [0.25, 0.3) is 0 Å². The van der Waals surface area contributed by atoms with Gasteiger partial charge in [0.2, 0.25) is 0 Å². The highest BCUT2D eigenvalue weighted by Gasteiger charge is 2.35. The Morgan fingerprint density at radius 1 is 1.00 bits per heavy atom. The molecule has 0 spiro atoms. The Morgan fingerprint density at radius 2 is 1.68 bits per heavy atom. The molecule has 0 aromatic carbocycles. The second-order valence-corrected chi connectivity index (χ2v) is 10.8. The summed E-state index contributed by atoms with van der Waals surface area (Å²) < 4.78 is 18.1. The highest BCUT2D eigenvalue weighted by atomic mass is 16.5. The molecule has 0 radical (unpaired) electrons. The monoisotopic (exact) mass is 428 g/mol. The van der Waals surface area contributed by atoms with E-state index in [0.29, 0.717) is 24.9 Å². The van der Waals surface area contributed by atoms with E-state index in [4.69, 9.17) is 14.2 Å². The maximum absolute atomic E-state index is 6.35. The number of piperidine rings is 1. The summed E-state index contributed by atoms with van der Waals surface area (Å²) in [4.78, 5) is 6.93. The molecule has 0 unspecified atom stereocenters. The molecule has 0 bridgehead atoms. The third-order valence-electron chi connectivity index (χ3n) is 5.61. The van der Waals surface area contributed by atoms with Crippen LogP contribution in [-0.4, -0.2) is 54.2 Å². The summed E-state index contributed by atoms with van der Waals surface area (Å²) in [5.74, 6) is 6.23. The normalized spacial score (nSPS) is 22.6. The molecule has 2 aliphatic rings. The Balaban J connectivity index is 1.47. The second-order valence-electron chi connectivity index (χ2n) is 10.8. The molecular formula is C26H40N2O3. The lowest BCUT2D eigenvalue weighted by molar-refractivity contribution is -0.164. The molecule has 1 aliphatic carbocycles. The minimum Gasteiger partial charge on any atom is -0.375 e. The fourth-order valence-corrected chi connectivity index (χ4v) is 4.03. The molecule has 1 saturated heterocycles. The van der Waals surface area contributed by atoms with Crippen LogP contribution in [0.3, 0.4) is 0 Å². The van der Waals surface area contributed by atoms with E-state index in [1.54, 1.807) is 0 Å². The van der Waals surface area contributed by atoms with Gasteiger partial charge in [-0.15, -0.1) is 0 Å². The SMILES string of the molecule is Cc1cnc(C#CCOC(C)(C)C)cc1N1CCC(OC2CC(OC(C)(C)C)C2)CC1. The summed E-state index contributed by atoms with van der Waals surface area (Å²) in [6, 6.07) is 2.11. The molecule has 3 rings (SSSR count). The Bertz CT molecular complexity index is 784. The Hall–Kier alpha value is -1.61. The third kappa shape index (κ3) is 7.79. The molecule has 172 valence electrons. The molecular weight excluding hydrogens is 388 g/mol. The van der Waals surface area contributed by atoms with Crippen molar-refractivity contribution in [1.82, 2.24) is 4.98 Å². The molecule has 1 saturated carbocycles. The van der Waals surface area contributed by atoms with Crippen molar-refractivity contribution in [3.8, 4) is 11.8 Å². The minimum atomic E-state index is -0.174. The van der Waals surface area contributed by atoms with Gasteiger partial charge in [-0.3, -0.25) is 0 Å². The van der Waals surface area contributed by atoms with Crippen LogP contribution >= 0.6 is 0 Å². The van der Waals surface area contributed by atoms with Crippen LogP contribution in [0.5, 0.6) is 0 Å². The molecule has 5 heteroatoms. The lowest BCUT2D eigenvalue weighted by Gasteiger charge is -2.42. The maximum atomic E-state index is 6.35. The van der Waals surface area contributed by atoms with Crippen molar-refractivity contribution in [1.29, 1.82) is 0 Å². The number of aromatic nitrogens is 1. The fourth-order valence-electron chi connectivity index (χ4n) is 4.03. The molecule has 5 nitrogen and oxygen atoms in total. The molecule has 1 aliphatic heterocycles. The first kappa shape index (κ1) is 24.0. The smallest absolute Gasteiger partial charge is 0.115 e. The van der Waals surface area contributed by atoms with E-state index >= 15 is 0 Å². The number of anilines is 1. The summed E-state index contributed by atoms with van der Waals surface area (Å²) in [6.07, 6.45) is 7.18. The zero-order valence-electron chi connectivity index (χ0n) is 20.5. The van der Waals surface area contributed by atoms with E-state index in [-0.39, 0.29) is 11.2 Å². The van der Waals surface area contributed by atoms with Gasteiger partial charge in [-0.25, -0.2) is 4.98 Å². The average Bonchev–Trinajstić information content (AvgIpc) is 2.63. The highest BCUT2D eigenvalue weighted by Crippen LogP contribution is 2.33. The van der Waals surface area contributed by atoms with Gasteiger partial charge in [-0.1, -0.05) is 5.92 Å². The Morgan fingerprint density at radius 3 is 2.29 bits per heavy atom. The van der Waals surface area contributed by atoms with Gasteiger partial charge in [0.25, 0.3) is 0 Å². The van der Waals surface area contributed by atoms with Crippen LogP contribution in [-0.2, 0) is 14.2 Å². The number of pyridine rings is 1. The highest BCUT2D eigenvalue weighted by molar-refractivity contribution is 5.55. The quantitative estimate of drug-likeness (QED) is 0.625. The van der Waals surface area contributed by atoms with Crippen LogP contribution in [0, 0.1) is 18.8 Å². The van der Waals surface area contributed by atoms with Gasteiger partial charge in [-0.2, -0.15) is 0 Å². The number of aryl methyl sites for hydroxylation is 1. The van der Waals surface area contributed by atoms with Crippen molar-refractivity contribution >= 4 is 5.69 Å². The summed E-state index contributed by atoms with van der Waals surface area (Å²) >= 11 is 0. The van der Waals surface area contributed by atoms with Crippen molar-refractivity contribution in [2.45, 2.75) is 104 Å². The summed E-state index contributed by atoms with van der Waals surface area (Å²) in [7, 11) is 0. The first-order valence-corrected chi connectivity index (χ1v) is 11.7. The van der Waals surface area contributed by atoms with Gasteiger partial charge in [-0.05, 0) is 91.7 Å². The third-order valence-corrected chi connectivity index (χ3v) is 5.61. The Labute approximate surface area is 188 Å². The maximum Gasteiger partial charge on any atom is 0.115 e. The molecule has 31 heavy (non-hydrogen) atoms. The van der Waals surface area contributed by atoms with Gasteiger partial charge in [0.1, 0.15) is 12.3 Å². The summed E-state index contributed by atoms with van der Waals surface area (Å²) in [5, 5.41) is 0. The van der Waals surface area contributed by atoms with Crippen LogP contribution in [0.2, 0.25) is 0 Å². The van der Waals surface area contributed by atoms with Crippen LogP contribution < -0.4 is 4.90 Å². The zero-order chi connectivity index (χ0) is 22.6. The first-order valence-electron chi connectivity index (χ1n) is 11.7. The van der Waals surface area contributed by atoms with Crippen LogP contribution in [0.1, 0.15) is 78.5 Å². The largest absolute Gasteiger partial charge is 0.375 e. The van der Waals surface area contributed by atoms with Gasteiger partial charge >= 0.3 is 0 Å². The predicted molar refractivity (Wildman–Crippen MR) is 126 cm³/mol. The average molecular weight is 429 g/mol. The fraction of sp³-hybridized carbons (Fsp3) is 0.731. The van der Waals surface area contributed by atoms with Gasteiger partial charge in [0.05, 0.1) is 29.5 Å². The van der Waals surface area contributed by atoms with E-state index in [2.05, 4.69) is 55.5 Å². The zero-order valence-corrected chi connectivity index (χ0v) is 20.5. The van der Waals surface area contributed by atoms with E-state index in [9.17, 15) is 0 Å². The molecule has 2 heterocycles. The molecule has 2 fully saturated rings. The summed E-state index contributed by atoms with van der Waals surface area (Å²) in [5.41, 5.74) is 2.99. The number of nitrogens with zero attached hydrogens (tertiary/aromatic N) is 2. The number of rotatable bonds is 5. The molecule has 0 atom stereocenters. The number of ether oxygens (including phenoxy) is 3. The number of hydrogen-bond donors (Lipinski definition) is 0. The van der Waals surface area contributed by atoms with E-state index in [1.807, 2.05) is 27.0 Å². The van der Waals surface area contributed by atoms with Gasteiger partial charge < -0.3 is 19.1 Å². The molecule has 0 amide bonds. The van der Waals surface area contributed by atoms with Crippen molar-refractivity contribution in [3.63, 3.8) is 0 Å². The van der Waals surface area contributed by atoms with E-state index < -0.39 is 0 Å². The van der Waals surface area contributed by atoms with E-state index in [0.717, 1.165) is 44.5 Å². The topological polar surface area (TPSA) is 43.8 Å². The lowest BCUT2D eigenvalue weighted by Crippen LogP contribution is -2.45. The van der Waals surface area contributed by atoms with Crippen molar-refractivity contribution in [2.75, 3.05) is 24.6 Å². The minimum absolute atomic E-state index is 0.0633. The van der Waals surface area contributed by atoms with Crippen LogP contribution in [0.15, 0.2) is 12.3 Å². The van der Waals surface area contributed by atoms with Gasteiger partial charge in [0, 0.05) is 25.0 Å². The lowest BCUT2D eigenvalue weighted by atomic mass is 9.90. The molecule has 1 aromatic heterocycles. The Kier molecular flexibility index (Phi) is 7.68. The predicted octanol–water partition coefficient (Wildman–Crippen LogP) is 4.89. The van der Waals surface area contributed by atoms with Gasteiger partial charge in [0.15, 0.2) is 0 Å². The standard InChI is InChI=1S/C26H40N2O3/c1-19-18-27-20(9-8-14-29-25(2,3)4)15-24(19)28-12-10-21(11-13-28)30-22-16-23(17-22)31-26(5,6)7/h15,18,21-23H,10-14,16-17H2,1-7H3. The van der Waals surface area contributed by atoms with Crippen molar-refractivity contribution < 1.29 is 14.2 Å². The first-order chi connectivity index (χ1) is 14.5. The second kappa shape index (κ2) is 9.90. The van der Waals surface area contributed by atoms with Crippen LogP contribution in [0.4, 0.5) is 5.69 Å². The van der Waals surface area contributed by atoms with E-state index in [1.165, 1.54) is 11.3 Å².